The zero-order valence-electron chi connectivity index (χ0n) is 18.5. The second kappa shape index (κ2) is 10.2. The number of rotatable bonds is 6. The van der Waals surface area contributed by atoms with E-state index in [9.17, 15) is 4.79 Å². The molecule has 3 atom stereocenters. The fourth-order valence-electron chi connectivity index (χ4n) is 3.80. The van der Waals surface area contributed by atoms with Gasteiger partial charge in [-0.05, 0) is 55.3 Å². The molecule has 32 heavy (non-hydrogen) atoms. The molecule has 0 radical (unpaired) electrons. The number of nitrogens with zero attached hydrogens (tertiary/aromatic N) is 2. The molecule has 0 bridgehead atoms. The number of aryl methyl sites for hydroxylation is 1. The van der Waals surface area contributed by atoms with Crippen LogP contribution in [0.5, 0.6) is 5.88 Å². The Morgan fingerprint density at radius 1 is 1.41 bits per heavy atom. The van der Waals surface area contributed by atoms with E-state index in [4.69, 9.17) is 4.74 Å². The molecule has 0 fully saturated rings. The number of hydrogen-bond donors (Lipinski definition) is 2. The molecule has 0 saturated carbocycles. The molecule has 2 aliphatic rings. The molecule has 7 heteroatoms. The molecule has 1 aromatic heterocycles. The minimum absolute atomic E-state index is 0.0999. The number of benzene rings is 1. The van der Waals surface area contributed by atoms with E-state index in [0.717, 1.165) is 47.1 Å². The zero-order chi connectivity index (χ0) is 22.5. The summed E-state index contributed by atoms with van der Waals surface area (Å²) in [6, 6.07) is 9.90. The Bertz CT molecular complexity index is 1080. The van der Waals surface area contributed by atoms with Crippen LogP contribution < -0.4 is 15.4 Å². The van der Waals surface area contributed by atoms with Gasteiger partial charge in [-0.15, -0.1) is 0 Å². The van der Waals surface area contributed by atoms with Crippen LogP contribution in [0.3, 0.4) is 0 Å². The number of amides is 1. The second-order valence-electron chi connectivity index (χ2n) is 7.98. The van der Waals surface area contributed by atoms with Crippen molar-refractivity contribution < 1.29 is 9.53 Å². The number of anilines is 1. The van der Waals surface area contributed by atoms with Crippen molar-refractivity contribution >= 4 is 26.4 Å². The number of ether oxygens (including phenoxy) is 1. The molecule has 2 N–H and O–H groups in total. The van der Waals surface area contributed by atoms with Crippen molar-refractivity contribution in [2.45, 2.75) is 44.9 Å². The summed E-state index contributed by atoms with van der Waals surface area (Å²) in [6.07, 6.45) is 8.45. The fraction of sp³-hybridized carbons (Fsp3) is 0.320. The van der Waals surface area contributed by atoms with Gasteiger partial charge in [0.2, 0.25) is 5.88 Å². The van der Waals surface area contributed by atoms with E-state index < -0.39 is 0 Å². The molecular formula is C25H29N4O2P. The Hall–Kier alpha value is -2.82. The Balaban J connectivity index is 1.41. The number of pyridine rings is 1. The lowest BCUT2D eigenvalue weighted by atomic mass is 10.1. The Labute approximate surface area is 191 Å². The van der Waals surface area contributed by atoms with Gasteiger partial charge in [-0.3, -0.25) is 15.1 Å². The van der Waals surface area contributed by atoms with Crippen LogP contribution in [0.2, 0.25) is 0 Å². The summed E-state index contributed by atoms with van der Waals surface area (Å²) in [5, 5.41) is 7.70. The van der Waals surface area contributed by atoms with Gasteiger partial charge in [0.15, 0.2) is 0 Å². The highest BCUT2D eigenvalue weighted by atomic mass is 31.1. The van der Waals surface area contributed by atoms with Crippen molar-refractivity contribution in [3.8, 4) is 5.88 Å². The smallest absolute Gasteiger partial charge is 0.257 e. The maximum atomic E-state index is 12.8. The number of carbonyl (C=O) groups excluding carboxylic acids is 1. The molecule has 4 rings (SSSR count). The molecule has 166 valence electrons. The van der Waals surface area contributed by atoms with Crippen LogP contribution in [0, 0.1) is 0 Å². The van der Waals surface area contributed by atoms with E-state index in [2.05, 4.69) is 53.2 Å². The van der Waals surface area contributed by atoms with Crippen LogP contribution in [0.15, 0.2) is 65.2 Å². The van der Waals surface area contributed by atoms with E-state index in [1.165, 1.54) is 0 Å². The molecule has 0 saturated heterocycles. The zero-order valence-corrected chi connectivity index (χ0v) is 19.5. The van der Waals surface area contributed by atoms with Gasteiger partial charge in [-0.25, -0.2) is 4.98 Å². The highest BCUT2D eigenvalue weighted by molar-refractivity contribution is 7.45. The van der Waals surface area contributed by atoms with Crippen LogP contribution in [0.25, 0.3) is 0 Å². The summed E-state index contributed by atoms with van der Waals surface area (Å²) in [4.78, 5) is 21.6. The van der Waals surface area contributed by atoms with Crippen LogP contribution in [0.1, 0.15) is 54.2 Å². The van der Waals surface area contributed by atoms with E-state index in [1.807, 2.05) is 30.5 Å². The number of allylic oxidation sites excluding steroid dienone is 2. The number of fused-ring (bicyclic) bond motifs is 1. The lowest BCUT2D eigenvalue weighted by Gasteiger charge is -2.25. The van der Waals surface area contributed by atoms with Crippen molar-refractivity contribution in [3.05, 3.63) is 76.9 Å². The second-order valence-corrected chi connectivity index (χ2v) is 9.50. The molecule has 2 aromatic rings. The number of nitrogens with one attached hydrogen (secondary N) is 2. The van der Waals surface area contributed by atoms with Gasteiger partial charge in [0.1, 0.15) is 0 Å². The van der Waals surface area contributed by atoms with Gasteiger partial charge in [0.25, 0.3) is 5.91 Å². The van der Waals surface area contributed by atoms with Crippen LogP contribution in [-0.2, 0) is 6.42 Å². The molecule has 2 aliphatic heterocycles. The van der Waals surface area contributed by atoms with Gasteiger partial charge < -0.3 is 10.1 Å². The number of aliphatic imine (C=N–C) groups is 1. The van der Waals surface area contributed by atoms with Crippen molar-refractivity contribution in [3.63, 3.8) is 0 Å². The molecule has 0 spiro atoms. The number of carbonyl (C=O) groups is 1. The predicted octanol–water partition coefficient (Wildman–Crippen LogP) is 5.21. The molecule has 1 amide bonds. The van der Waals surface area contributed by atoms with E-state index in [-0.39, 0.29) is 17.7 Å². The maximum absolute atomic E-state index is 12.8. The topological polar surface area (TPSA) is 75.6 Å². The predicted molar refractivity (Wildman–Crippen MR) is 132 cm³/mol. The standard InChI is InChI=1S/C25H29N4O2P/c1-4-7-22-17(3)32-23(15-26-22)28-16(2)18-8-5-10-21(13-18)29-24(30)20-12-19-9-6-11-31-25(19)27-14-20/h5,7-8,10,12-16,23,28,32H,3-4,6,9,11H2,1-2H3,(H,29,30)/b22-7+. The lowest BCUT2D eigenvalue weighted by molar-refractivity contribution is 0.102. The van der Waals surface area contributed by atoms with E-state index in [1.54, 1.807) is 6.20 Å². The quantitative estimate of drug-likeness (QED) is 0.595. The van der Waals surface area contributed by atoms with Crippen molar-refractivity contribution in [1.29, 1.82) is 0 Å². The largest absolute Gasteiger partial charge is 0.477 e. The average Bonchev–Trinajstić information content (AvgIpc) is 2.80. The van der Waals surface area contributed by atoms with Crippen LogP contribution in [-0.4, -0.2) is 29.5 Å². The molecule has 1 aromatic carbocycles. The lowest BCUT2D eigenvalue weighted by Crippen LogP contribution is -2.30. The SMILES string of the molecule is C=C1PC(NC(C)c2cccc(NC(=O)c3cnc4c(c3)CCCO4)c2)C=N/C1=C/CC. The van der Waals surface area contributed by atoms with Crippen LogP contribution in [0.4, 0.5) is 5.69 Å². The molecule has 6 nitrogen and oxygen atoms in total. The van der Waals surface area contributed by atoms with E-state index in [0.29, 0.717) is 26.6 Å². The van der Waals surface area contributed by atoms with Gasteiger partial charge in [-0.1, -0.05) is 40.3 Å². The molecule has 3 heterocycles. The fourth-order valence-corrected chi connectivity index (χ4v) is 4.98. The maximum Gasteiger partial charge on any atom is 0.257 e. The van der Waals surface area contributed by atoms with Crippen molar-refractivity contribution in [2.75, 3.05) is 11.9 Å². The Morgan fingerprint density at radius 3 is 3.09 bits per heavy atom. The van der Waals surface area contributed by atoms with Gasteiger partial charge in [0.05, 0.1) is 23.7 Å². The summed E-state index contributed by atoms with van der Waals surface area (Å²) in [5.41, 5.74) is 4.39. The summed E-state index contributed by atoms with van der Waals surface area (Å²) < 4.78 is 5.54. The van der Waals surface area contributed by atoms with Crippen molar-refractivity contribution in [2.24, 2.45) is 4.99 Å². The summed E-state index contributed by atoms with van der Waals surface area (Å²) in [7, 11) is 0.561. The monoisotopic (exact) mass is 448 g/mol. The first-order chi connectivity index (χ1) is 15.5. The van der Waals surface area contributed by atoms with Gasteiger partial charge >= 0.3 is 0 Å². The average molecular weight is 449 g/mol. The summed E-state index contributed by atoms with van der Waals surface area (Å²) in [5.74, 6) is 0.631. The van der Waals surface area contributed by atoms with Gasteiger partial charge in [0, 0.05) is 29.7 Å². The molecule has 3 unspecified atom stereocenters. The number of aromatic nitrogens is 1. The molecular weight excluding hydrogens is 419 g/mol. The van der Waals surface area contributed by atoms with Gasteiger partial charge in [-0.2, -0.15) is 0 Å². The Morgan fingerprint density at radius 2 is 2.28 bits per heavy atom. The summed E-state index contributed by atoms with van der Waals surface area (Å²) >= 11 is 0. The third-order valence-corrected chi connectivity index (χ3v) is 6.72. The first kappa shape index (κ1) is 22.4. The normalized spacial score (nSPS) is 20.6. The highest BCUT2D eigenvalue weighted by Crippen LogP contribution is 2.37. The number of hydrogen-bond acceptors (Lipinski definition) is 5. The first-order valence-electron chi connectivity index (χ1n) is 11.0. The Kier molecular flexibility index (Phi) is 7.13. The third kappa shape index (κ3) is 5.32. The minimum Gasteiger partial charge on any atom is -0.477 e. The minimum atomic E-state index is -0.170. The summed E-state index contributed by atoms with van der Waals surface area (Å²) in [6.45, 7) is 9.08. The van der Waals surface area contributed by atoms with Crippen molar-refractivity contribution in [1.82, 2.24) is 10.3 Å². The highest BCUT2D eigenvalue weighted by Gasteiger charge is 2.19. The molecule has 0 aliphatic carbocycles. The third-order valence-electron chi connectivity index (χ3n) is 5.49. The van der Waals surface area contributed by atoms with E-state index >= 15 is 0 Å². The van der Waals surface area contributed by atoms with Crippen LogP contribution >= 0.6 is 8.58 Å². The first-order valence-corrected chi connectivity index (χ1v) is 12.1.